The topological polar surface area (TPSA) is 52.8 Å². The molecule has 4 aromatic rings. The highest BCUT2D eigenvalue weighted by atomic mass is 16.5. The molecule has 4 rings (SSSR count). The molecule has 2 heterocycles. The maximum Gasteiger partial charge on any atom is 0.198 e. The lowest BCUT2D eigenvalue weighted by molar-refractivity contribution is 0.415. The fourth-order valence-corrected chi connectivity index (χ4v) is 2.92. The summed E-state index contributed by atoms with van der Waals surface area (Å²) in [7, 11) is 1.67. The lowest BCUT2D eigenvalue weighted by Crippen LogP contribution is -2.01. The van der Waals surface area contributed by atoms with Gasteiger partial charge < -0.3 is 9.30 Å². The number of imidazole rings is 1. The van der Waals surface area contributed by atoms with Gasteiger partial charge >= 0.3 is 0 Å². The second-order valence-electron chi connectivity index (χ2n) is 5.68. The van der Waals surface area contributed by atoms with E-state index >= 15 is 0 Å². The third-order valence-electron chi connectivity index (χ3n) is 4.03. The van der Waals surface area contributed by atoms with E-state index in [9.17, 15) is 0 Å². The number of fused-ring (bicyclic) bond motifs is 2. The summed E-state index contributed by atoms with van der Waals surface area (Å²) in [6.45, 7) is 2.99. The van der Waals surface area contributed by atoms with Crippen molar-refractivity contribution in [1.82, 2.24) is 19.5 Å². The van der Waals surface area contributed by atoms with Crippen molar-refractivity contribution in [3.8, 4) is 17.1 Å². The van der Waals surface area contributed by atoms with Gasteiger partial charge in [0, 0.05) is 12.1 Å². The minimum absolute atomic E-state index is 0.681. The summed E-state index contributed by atoms with van der Waals surface area (Å²) < 4.78 is 7.49. The van der Waals surface area contributed by atoms with E-state index in [1.807, 2.05) is 48.5 Å². The summed E-state index contributed by atoms with van der Waals surface area (Å²) in [5.41, 5.74) is 4.27. The van der Waals surface area contributed by atoms with E-state index in [4.69, 9.17) is 14.7 Å². The maximum atomic E-state index is 5.34. The maximum absolute atomic E-state index is 5.34. The van der Waals surface area contributed by atoms with Crippen LogP contribution in [0.5, 0.6) is 5.75 Å². The molecule has 0 amide bonds. The molecule has 5 heteroatoms. The van der Waals surface area contributed by atoms with Gasteiger partial charge in [-0.3, -0.25) is 0 Å². The number of aryl methyl sites for hydroxylation is 1. The fraction of sp³-hybridized carbons (Fsp3) is 0.211. The lowest BCUT2D eigenvalue weighted by atomic mass is 10.2. The van der Waals surface area contributed by atoms with E-state index in [1.54, 1.807) is 7.11 Å². The van der Waals surface area contributed by atoms with Crippen LogP contribution in [0.15, 0.2) is 48.5 Å². The largest absolute Gasteiger partial charge is 0.497 e. The Morgan fingerprint density at radius 1 is 0.958 bits per heavy atom. The molecule has 0 saturated carbocycles. The molecule has 2 aromatic carbocycles. The molecule has 0 fully saturated rings. The van der Waals surface area contributed by atoms with Crippen LogP contribution in [0.1, 0.15) is 13.3 Å². The first-order valence-corrected chi connectivity index (χ1v) is 8.07. The average Bonchev–Trinajstić information content (AvgIpc) is 2.98. The second kappa shape index (κ2) is 5.92. The molecule has 5 nitrogen and oxygen atoms in total. The molecule has 0 N–H and O–H groups in total. The van der Waals surface area contributed by atoms with Gasteiger partial charge in [-0.15, -0.1) is 0 Å². The number of aromatic nitrogens is 4. The molecule has 2 aromatic heterocycles. The van der Waals surface area contributed by atoms with Crippen molar-refractivity contribution in [2.75, 3.05) is 7.11 Å². The Hall–Kier alpha value is -2.95. The number of benzene rings is 2. The van der Waals surface area contributed by atoms with Crippen LogP contribution in [0, 0.1) is 0 Å². The van der Waals surface area contributed by atoms with E-state index in [2.05, 4.69) is 16.5 Å². The molecule has 120 valence electrons. The van der Waals surface area contributed by atoms with Crippen LogP contribution in [0.3, 0.4) is 0 Å². The Labute approximate surface area is 140 Å². The highest BCUT2D eigenvalue weighted by molar-refractivity contribution is 5.84. The van der Waals surface area contributed by atoms with Gasteiger partial charge in [-0.05, 0) is 30.7 Å². The number of methoxy groups -OCH3 is 1. The predicted octanol–water partition coefficient (Wildman–Crippen LogP) is 4.07. The molecule has 0 unspecified atom stereocenters. The Morgan fingerprint density at radius 3 is 2.50 bits per heavy atom. The van der Waals surface area contributed by atoms with Gasteiger partial charge in [0.25, 0.3) is 0 Å². The monoisotopic (exact) mass is 318 g/mol. The van der Waals surface area contributed by atoms with Gasteiger partial charge in [0.2, 0.25) is 0 Å². The Bertz CT molecular complexity index is 1020. The van der Waals surface area contributed by atoms with Gasteiger partial charge in [-0.25, -0.2) is 15.0 Å². The van der Waals surface area contributed by atoms with Crippen LogP contribution < -0.4 is 4.74 Å². The number of hydrogen-bond acceptors (Lipinski definition) is 4. The summed E-state index contributed by atoms with van der Waals surface area (Å²) in [5, 5.41) is 0. The first-order chi connectivity index (χ1) is 11.8. The summed E-state index contributed by atoms with van der Waals surface area (Å²) in [6.07, 6.45) is 0.997. The molecular formula is C19H18N4O. The zero-order valence-corrected chi connectivity index (χ0v) is 13.7. The third kappa shape index (κ3) is 2.38. The van der Waals surface area contributed by atoms with Crippen LogP contribution >= 0.6 is 0 Å². The second-order valence-corrected chi connectivity index (χ2v) is 5.68. The SMILES string of the molecule is CCCn1c(-c2cccc(OC)c2)nc2nc3ccccc3nc21. The lowest BCUT2D eigenvalue weighted by Gasteiger charge is -2.08. The van der Waals surface area contributed by atoms with Crippen molar-refractivity contribution >= 4 is 22.3 Å². The number of para-hydroxylation sites is 2. The van der Waals surface area contributed by atoms with Crippen LogP contribution in [-0.4, -0.2) is 26.6 Å². The van der Waals surface area contributed by atoms with E-state index in [1.165, 1.54) is 0 Å². The normalized spacial score (nSPS) is 11.2. The van der Waals surface area contributed by atoms with E-state index in [-0.39, 0.29) is 0 Å². The van der Waals surface area contributed by atoms with Crippen molar-refractivity contribution in [1.29, 1.82) is 0 Å². The first kappa shape index (κ1) is 14.6. The Morgan fingerprint density at radius 2 is 1.75 bits per heavy atom. The van der Waals surface area contributed by atoms with E-state index in [0.29, 0.717) is 5.65 Å². The summed E-state index contributed by atoms with van der Waals surface area (Å²) in [4.78, 5) is 14.2. The highest BCUT2D eigenvalue weighted by Gasteiger charge is 2.15. The minimum atomic E-state index is 0.681. The fourth-order valence-electron chi connectivity index (χ4n) is 2.92. The molecule has 0 bridgehead atoms. The zero-order chi connectivity index (χ0) is 16.5. The van der Waals surface area contributed by atoms with Crippen LogP contribution in [0.25, 0.3) is 33.7 Å². The minimum Gasteiger partial charge on any atom is -0.497 e. The van der Waals surface area contributed by atoms with Crippen LogP contribution in [-0.2, 0) is 6.54 Å². The first-order valence-electron chi connectivity index (χ1n) is 8.07. The standard InChI is InChI=1S/C19H18N4O/c1-3-11-23-18(13-7-6-8-14(12-13)24-2)22-17-19(23)21-16-10-5-4-9-15(16)20-17/h4-10,12H,3,11H2,1-2H3. The van der Waals surface area contributed by atoms with Crippen LogP contribution in [0.4, 0.5) is 0 Å². The van der Waals surface area contributed by atoms with Crippen molar-refractivity contribution in [2.24, 2.45) is 0 Å². The van der Waals surface area contributed by atoms with Gasteiger partial charge in [0.05, 0.1) is 18.1 Å². The Balaban J connectivity index is 1.99. The molecule has 0 aliphatic carbocycles. The molecule has 0 aliphatic heterocycles. The zero-order valence-electron chi connectivity index (χ0n) is 13.7. The van der Waals surface area contributed by atoms with Gasteiger partial charge in [-0.1, -0.05) is 31.2 Å². The highest BCUT2D eigenvalue weighted by Crippen LogP contribution is 2.27. The molecule has 0 radical (unpaired) electrons. The molecule has 0 aliphatic rings. The van der Waals surface area contributed by atoms with Crippen LogP contribution in [0.2, 0.25) is 0 Å². The molecule has 0 spiro atoms. The van der Waals surface area contributed by atoms with Gasteiger partial charge in [0.15, 0.2) is 11.3 Å². The average molecular weight is 318 g/mol. The predicted molar refractivity (Wildman–Crippen MR) is 95.1 cm³/mol. The molecule has 24 heavy (non-hydrogen) atoms. The summed E-state index contributed by atoms with van der Waals surface area (Å²) in [6, 6.07) is 15.8. The van der Waals surface area contributed by atoms with E-state index < -0.39 is 0 Å². The quantitative estimate of drug-likeness (QED) is 0.569. The molecule has 0 atom stereocenters. The third-order valence-corrected chi connectivity index (χ3v) is 4.03. The number of nitrogens with zero attached hydrogens (tertiary/aromatic N) is 4. The Kier molecular flexibility index (Phi) is 3.61. The van der Waals surface area contributed by atoms with Gasteiger partial charge in [0.1, 0.15) is 11.6 Å². The molecular weight excluding hydrogens is 300 g/mol. The van der Waals surface area contributed by atoms with Gasteiger partial charge in [-0.2, -0.15) is 0 Å². The van der Waals surface area contributed by atoms with E-state index in [0.717, 1.165) is 46.8 Å². The van der Waals surface area contributed by atoms with Crippen molar-refractivity contribution < 1.29 is 4.74 Å². The number of hydrogen-bond donors (Lipinski definition) is 0. The number of rotatable bonds is 4. The summed E-state index contributed by atoms with van der Waals surface area (Å²) in [5.74, 6) is 1.69. The summed E-state index contributed by atoms with van der Waals surface area (Å²) >= 11 is 0. The van der Waals surface area contributed by atoms with Crippen molar-refractivity contribution in [2.45, 2.75) is 19.9 Å². The van der Waals surface area contributed by atoms with Crippen molar-refractivity contribution in [3.05, 3.63) is 48.5 Å². The smallest absolute Gasteiger partial charge is 0.198 e. The molecule has 0 saturated heterocycles. The van der Waals surface area contributed by atoms with Crippen molar-refractivity contribution in [3.63, 3.8) is 0 Å². The number of ether oxygens (including phenoxy) is 1.